The quantitative estimate of drug-likeness (QED) is 0.857. The van der Waals surface area contributed by atoms with Gasteiger partial charge in [0.1, 0.15) is 6.54 Å². The monoisotopic (exact) mass is 303 g/mol. The number of aromatic nitrogens is 2. The summed E-state index contributed by atoms with van der Waals surface area (Å²) in [7, 11) is 0. The summed E-state index contributed by atoms with van der Waals surface area (Å²) in [5.41, 5.74) is 2.87. The average molecular weight is 303 g/mol. The number of hydrogen-bond acceptors (Lipinski definition) is 2. The molecule has 2 heterocycles. The Bertz CT molecular complexity index is 530. The molecule has 1 aromatic heterocycles. The number of rotatable bonds is 4. The molecule has 122 valence electrons. The number of fused-ring (bicyclic) bond motifs is 1. The molecule has 1 aliphatic heterocycles. The lowest BCUT2D eigenvalue weighted by Crippen LogP contribution is -2.46. The summed E-state index contributed by atoms with van der Waals surface area (Å²) in [4.78, 5) is 19.4. The lowest BCUT2D eigenvalue weighted by atomic mass is 9.75. The van der Waals surface area contributed by atoms with Crippen molar-refractivity contribution in [1.29, 1.82) is 0 Å². The molecule has 3 rings (SSSR count). The molecule has 0 atom stereocenters. The molecule has 4 heteroatoms. The van der Waals surface area contributed by atoms with Gasteiger partial charge in [-0.1, -0.05) is 13.8 Å². The molecule has 1 aromatic rings. The van der Waals surface area contributed by atoms with Crippen LogP contribution in [0.25, 0.3) is 0 Å². The van der Waals surface area contributed by atoms with E-state index in [1.807, 2.05) is 6.33 Å². The van der Waals surface area contributed by atoms with Crippen LogP contribution in [0.15, 0.2) is 6.33 Å². The number of imidazole rings is 1. The van der Waals surface area contributed by atoms with E-state index in [0.717, 1.165) is 32.4 Å². The highest BCUT2D eigenvalue weighted by atomic mass is 16.2. The SMILES string of the molecule is CCC1(CC)CCCN(C(=O)Cn2cnc3c2CCCC3)C1. The minimum Gasteiger partial charge on any atom is -0.341 e. The van der Waals surface area contributed by atoms with E-state index in [9.17, 15) is 4.79 Å². The largest absolute Gasteiger partial charge is 0.341 e. The van der Waals surface area contributed by atoms with Crippen molar-refractivity contribution in [3.8, 4) is 0 Å². The van der Waals surface area contributed by atoms with Gasteiger partial charge in [-0.05, 0) is 56.8 Å². The van der Waals surface area contributed by atoms with E-state index >= 15 is 0 Å². The van der Waals surface area contributed by atoms with Crippen LogP contribution < -0.4 is 0 Å². The first-order valence-electron chi connectivity index (χ1n) is 8.98. The molecule has 1 amide bonds. The molecule has 0 aromatic carbocycles. The van der Waals surface area contributed by atoms with Crippen LogP contribution in [0.5, 0.6) is 0 Å². The van der Waals surface area contributed by atoms with Gasteiger partial charge in [-0.25, -0.2) is 4.98 Å². The molecule has 0 unspecified atom stereocenters. The zero-order chi connectivity index (χ0) is 15.6. The predicted octanol–water partition coefficient (Wildman–Crippen LogP) is 3.19. The summed E-state index contributed by atoms with van der Waals surface area (Å²) in [6.07, 6.45) is 11.3. The van der Waals surface area contributed by atoms with Gasteiger partial charge in [-0.3, -0.25) is 4.79 Å². The fraction of sp³-hybridized carbons (Fsp3) is 0.778. The van der Waals surface area contributed by atoms with Crippen molar-refractivity contribution in [1.82, 2.24) is 14.5 Å². The van der Waals surface area contributed by atoms with E-state index in [1.54, 1.807) is 0 Å². The van der Waals surface area contributed by atoms with Gasteiger partial charge in [0.2, 0.25) is 5.91 Å². The lowest BCUT2D eigenvalue weighted by Gasteiger charge is -2.42. The molecule has 0 saturated carbocycles. The van der Waals surface area contributed by atoms with Gasteiger partial charge in [0, 0.05) is 18.8 Å². The van der Waals surface area contributed by atoms with Gasteiger partial charge in [-0.2, -0.15) is 0 Å². The highest BCUT2D eigenvalue weighted by Gasteiger charge is 2.34. The fourth-order valence-electron chi connectivity index (χ4n) is 4.16. The molecule has 1 saturated heterocycles. The van der Waals surface area contributed by atoms with Gasteiger partial charge in [0.05, 0.1) is 12.0 Å². The van der Waals surface area contributed by atoms with Crippen molar-refractivity contribution in [3.05, 3.63) is 17.7 Å². The number of aryl methyl sites for hydroxylation is 1. The van der Waals surface area contributed by atoms with Crippen LogP contribution in [0.3, 0.4) is 0 Å². The van der Waals surface area contributed by atoms with Gasteiger partial charge in [0.25, 0.3) is 0 Å². The maximum atomic E-state index is 12.7. The van der Waals surface area contributed by atoms with E-state index in [-0.39, 0.29) is 5.91 Å². The summed E-state index contributed by atoms with van der Waals surface area (Å²) in [6, 6.07) is 0. The topological polar surface area (TPSA) is 38.1 Å². The molecule has 0 radical (unpaired) electrons. The van der Waals surface area contributed by atoms with Crippen molar-refractivity contribution in [2.24, 2.45) is 5.41 Å². The van der Waals surface area contributed by atoms with Gasteiger partial charge in [0.15, 0.2) is 0 Å². The van der Waals surface area contributed by atoms with Crippen LogP contribution in [-0.2, 0) is 24.2 Å². The maximum absolute atomic E-state index is 12.7. The Morgan fingerprint density at radius 3 is 2.77 bits per heavy atom. The van der Waals surface area contributed by atoms with E-state index in [2.05, 4.69) is 28.3 Å². The Morgan fingerprint density at radius 1 is 1.23 bits per heavy atom. The van der Waals surface area contributed by atoms with E-state index < -0.39 is 0 Å². The number of carbonyl (C=O) groups is 1. The minimum atomic E-state index is 0.275. The second-order valence-electron chi connectivity index (χ2n) is 7.10. The summed E-state index contributed by atoms with van der Waals surface area (Å²) in [6.45, 7) is 6.88. The Hall–Kier alpha value is -1.32. The average Bonchev–Trinajstić information content (AvgIpc) is 2.98. The molecule has 1 aliphatic carbocycles. The predicted molar refractivity (Wildman–Crippen MR) is 87.7 cm³/mol. The number of piperidine rings is 1. The number of hydrogen-bond donors (Lipinski definition) is 0. The first-order chi connectivity index (χ1) is 10.7. The highest BCUT2D eigenvalue weighted by Crippen LogP contribution is 2.36. The Morgan fingerprint density at radius 2 is 2.00 bits per heavy atom. The number of amides is 1. The molecule has 0 spiro atoms. The molecule has 0 N–H and O–H groups in total. The number of nitrogens with zero attached hydrogens (tertiary/aromatic N) is 3. The Labute approximate surface area is 133 Å². The van der Waals surface area contributed by atoms with Crippen LogP contribution in [0.2, 0.25) is 0 Å². The summed E-state index contributed by atoms with van der Waals surface area (Å²) >= 11 is 0. The fourth-order valence-corrected chi connectivity index (χ4v) is 4.16. The van der Waals surface area contributed by atoms with Crippen LogP contribution >= 0.6 is 0 Å². The Balaban J connectivity index is 1.68. The molecular weight excluding hydrogens is 274 g/mol. The van der Waals surface area contributed by atoms with E-state index in [0.29, 0.717) is 12.0 Å². The van der Waals surface area contributed by atoms with Crippen molar-refractivity contribution in [2.75, 3.05) is 13.1 Å². The smallest absolute Gasteiger partial charge is 0.242 e. The van der Waals surface area contributed by atoms with Gasteiger partial charge < -0.3 is 9.47 Å². The van der Waals surface area contributed by atoms with Crippen LogP contribution in [-0.4, -0.2) is 33.4 Å². The minimum absolute atomic E-state index is 0.275. The summed E-state index contributed by atoms with van der Waals surface area (Å²) in [5, 5.41) is 0. The third-order valence-corrected chi connectivity index (χ3v) is 5.93. The molecule has 2 aliphatic rings. The number of carbonyl (C=O) groups excluding carboxylic acids is 1. The first-order valence-corrected chi connectivity index (χ1v) is 8.98. The first kappa shape index (κ1) is 15.6. The third-order valence-electron chi connectivity index (χ3n) is 5.93. The number of likely N-dealkylation sites (tertiary alicyclic amines) is 1. The molecule has 22 heavy (non-hydrogen) atoms. The summed E-state index contributed by atoms with van der Waals surface area (Å²) < 4.78 is 2.10. The molecular formula is C18H29N3O. The standard InChI is InChI=1S/C18H29N3O/c1-3-18(4-2)10-7-11-20(13-18)17(22)12-21-14-19-15-8-5-6-9-16(15)21/h14H,3-13H2,1-2H3. The summed E-state index contributed by atoms with van der Waals surface area (Å²) in [5.74, 6) is 0.275. The van der Waals surface area contributed by atoms with Crippen molar-refractivity contribution in [2.45, 2.75) is 71.8 Å². The molecule has 4 nitrogen and oxygen atoms in total. The van der Waals surface area contributed by atoms with Crippen molar-refractivity contribution >= 4 is 5.91 Å². The normalized spacial score (nSPS) is 20.7. The zero-order valence-corrected chi connectivity index (χ0v) is 14.1. The van der Waals surface area contributed by atoms with Crippen molar-refractivity contribution in [3.63, 3.8) is 0 Å². The maximum Gasteiger partial charge on any atom is 0.242 e. The van der Waals surface area contributed by atoms with Gasteiger partial charge >= 0.3 is 0 Å². The zero-order valence-electron chi connectivity index (χ0n) is 14.1. The third kappa shape index (κ3) is 2.92. The Kier molecular flexibility index (Phi) is 4.55. The molecule has 0 bridgehead atoms. The van der Waals surface area contributed by atoms with E-state index in [4.69, 9.17) is 0 Å². The second-order valence-corrected chi connectivity index (χ2v) is 7.10. The second kappa shape index (κ2) is 6.43. The van der Waals surface area contributed by atoms with E-state index in [1.165, 1.54) is 43.5 Å². The van der Waals surface area contributed by atoms with Crippen molar-refractivity contribution < 1.29 is 4.79 Å². The van der Waals surface area contributed by atoms with Crippen LogP contribution in [0.4, 0.5) is 0 Å². The van der Waals surface area contributed by atoms with Crippen LogP contribution in [0.1, 0.15) is 63.8 Å². The molecule has 1 fully saturated rings. The highest BCUT2D eigenvalue weighted by molar-refractivity contribution is 5.76. The lowest BCUT2D eigenvalue weighted by molar-refractivity contribution is -0.135. The van der Waals surface area contributed by atoms with Gasteiger partial charge in [-0.15, -0.1) is 0 Å². The van der Waals surface area contributed by atoms with Crippen LogP contribution in [0, 0.1) is 5.41 Å².